The molecule has 31 heavy (non-hydrogen) atoms. The number of hydrogen-bond acceptors (Lipinski definition) is 5. The molecule has 1 aromatic heterocycles. The first kappa shape index (κ1) is 22.7. The van der Waals surface area contributed by atoms with Crippen LogP contribution in [0.4, 0.5) is 0 Å². The van der Waals surface area contributed by atoms with E-state index in [0.717, 1.165) is 32.2 Å². The topological polar surface area (TPSA) is 72.8 Å². The van der Waals surface area contributed by atoms with Gasteiger partial charge in [-0.2, -0.15) is 0 Å². The maximum absolute atomic E-state index is 11.5. The number of carbonyl (C=O) groups is 2. The van der Waals surface area contributed by atoms with Gasteiger partial charge in [0.25, 0.3) is 0 Å². The lowest BCUT2D eigenvalue weighted by atomic mass is 10.1. The maximum Gasteiger partial charge on any atom is 0.333 e. The Kier molecular flexibility index (Phi) is 7.60. The summed E-state index contributed by atoms with van der Waals surface area (Å²) in [5.41, 5.74) is 3.83. The van der Waals surface area contributed by atoms with Gasteiger partial charge < -0.3 is 14.6 Å². The Hall–Kier alpha value is -2.96. The van der Waals surface area contributed by atoms with Crippen molar-refractivity contribution in [2.45, 2.75) is 39.9 Å². The van der Waals surface area contributed by atoms with Crippen LogP contribution in [-0.4, -0.2) is 29.6 Å². The fraction of sp³-hybridized carbons (Fsp3) is 0.280. The number of carboxylic acid groups (broad SMARTS) is 1. The number of rotatable bonds is 10. The van der Waals surface area contributed by atoms with Crippen LogP contribution in [0.1, 0.15) is 40.2 Å². The average Bonchev–Trinajstić information content (AvgIpc) is 3.13. The van der Waals surface area contributed by atoms with E-state index < -0.39 is 12.1 Å². The summed E-state index contributed by atoms with van der Waals surface area (Å²) in [5.74, 6) is -0.167. The van der Waals surface area contributed by atoms with E-state index in [2.05, 4.69) is 13.0 Å². The van der Waals surface area contributed by atoms with E-state index in [4.69, 9.17) is 9.47 Å². The van der Waals surface area contributed by atoms with Crippen molar-refractivity contribution in [3.05, 3.63) is 76.2 Å². The number of ether oxygens (including phenoxy) is 2. The molecule has 0 unspecified atom stereocenters. The number of aryl methyl sites for hydroxylation is 1. The Labute approximate surface area is 186 Å². The normalized spacial score (nSPS) is 11.8. The van der Waals surface area contributed by atoms with E-state index in [1.807, 2.05) is 48.5 Å². The summed E-state index contributed by atoms with van der Waals surface area (Å²) >= 11 is 1.67. The number of thiophene rings is 1. The minimum atomic E-state index is -0.956. The molecule has 0 radical (unpaired) electrons. The molecular weight excluding hydrogens is 412 g/mol. The van der Waals surface area contributed by atoms with Crippen LogP contribution in [0.15, 0.2) is 54.6 Å². The fourth-order valence-electron chi connectivity index (χ4n) is 3.18. The van der Waals surface area contributed by atoms with Gasteiger partial charge in [-0.15, -0.1) is 11.3 Å². The molecule has 1 N–H and O–H groups in total. The Morgan fingerprint density at radius 1 is 1.06 bits per heavy atom. The average molecular weight is 439 g/mol. The number of Topliss-reactive ketones (excluding diaryl/α,β-unsaturated/α-hetero) is 1. The molecule has 0 aliphatic carbocycles. The number of hydrogen-bond donors (Lipinski definition) is 1. The first-order valence-corrected chi connectivity index (χ1v) is 11.0. The van der Waals surface area contributed by atoms with Crippen molar-refractivity contribution in [3.63, 3.8) is 0 Å². The zero-order valence-electron chi connectivity index (χ0n) is 17.9. The molecule has 0 fully saturated rings. The van der Waals surface area contributed by atoms with Gasteiger partial charge in [0, 0.05) is 28.3 Å². The van der Waals surface area contributed by atoms with Crippen LogP contribution < -0.4 is 4.74 Å². The summed E-state index contributed by atoms with van der Waals surface area (Å²) < 4.78 is 11.2. The number of aliphatic carboxylic acids is 1. The lowest BCUT2D eigenvalue weighted by molar-refractivity contribution is -0.149. The van der Waals surface area contributed by atoms with Gasteiger partial charge in [0.15, 0.2) is 11.9 Å². The highest BCUT2D eigenvalue weighted by atomic mass is 32.1. The SMILES string of the molecule is CCO[C@@H](Cc1ccc(OCc2sc(-c3ccc(C(C)=O)cc3)cc2C)cc1)C(=O)O. The second-order valence-corrected chi connectivity index (χ2v) is 8.41. The second-order valence-electron chi connectivity index (χ2n) is 7.27. The van der Waals surface area contributed by atoms with E-state index in [1.54, 1.807) is 25.2 Å². The van der Waals surface area contributed by atoms with Crippen molar-refractivity contribution in [1.29, 1.82) is 0 Å². The number of ketones is 1. The molecule has 2 aromatic carbocycles. The van der Waals surface area contributed by atoms with Crippen molar-refractivity contribution >= 4 is 23.1 Å². The molecule has 6 heteroatoms. The lowest BCUT2D eigenvalue weighted by Crippen LogP contribution is -2.26. The zero-order chi connectivity index (χ0) is 22.4. The van der Waals surface area contributed by atoms with Gasteiger partial charge in [0.1, 0.15) is 12.4 Å². The van der Waals surface area contributed by atoms with Gasteiger partial charge in [0.2, 0.25) is 0 Å². The summed E-state index contributed by atoms with van der Waals surface area (Å²) in [5, 5.41) is 9.22. The predicted molar refractivity (Wildman–Crippen MR) is 122 cm³/mol. The van der Waals surface area contributed by atoms with Gasteiger partial charge in [0.05, 0.1) is 0 Å². The van der Waals surface area contributed by atoms with Crippen LogP contribution in [-0.2, 0) is 22.6 Å². The van der Waals surface area contributed by atoms with Gasteiger partial charge >= 0.3 is 5.97 Å². The van der Waals surface area contributed by atoms with E-state index in [-0.39, 0.29) is 5.78 Å². The minimum Gasteiger partial charge on any atom is -0.488 e. The Morgan fingerprint density at radius 3 is 2.32 bits per heavy atom. The highest BCUT2D eigenvalue weighted by molar-refractivity contribution is 7.15. The Bertz CT molecular complexity index is 1030. The van der Waals surface area contributed by atoms with E-state index in [1.165, 1.54) is 0 Å². The monoisotopic (exact) mass is 438 g/mol. The molecule has 1 atom stereocenters. The van der Waals surface area contributed by atoms with E-state index in [0.29, 0.717) is 25.2 Å². The van der Waals surface area contributed by atoms with Crippen LogP contribution in [0, 0.1) is 6.92 Å². The van der Waals surface area contributed by atoms with Gasteiger partial charge in [-0.25, -0.2) is 4.79 Å². The number of carbonyl (C=O) groups excluding carboxylic acids is 1. The first-order chi connectivity index (χ1) is 14.9. The Balaban J connectivity index is 1.62. The van der Waals surface area contributed by atoms with Crippen LogP contribution in [0.5, 0.6) is 5.75 Å². The van der Waals surface area contributed by atoms with Crippen LogP contribution in [0.25, 0.3) is 10.4 Å². The largest absolute Gasteiger partial charge is 0.488 e. The molecule has 0 bridgehead atoms. The van der Waals surface area contributed by atoms with Crippen molar-refractivity contribution < 1.29 is 24.2 Å². The Morgan fingerprint density at radius 2 is 1.74 bits per heavy atom. The van der Waals surface area contributed by atoms with Crippen molar-refractivity contribution in [3.8, 4) is 16.2 Å². The molecule has 3 rings (SSSR count). The van der Waals surface area contributed by atoms with Crippen LogP contribution in [0.2, 0.25) is 0 Å². The van der Waals surface area contributed by atoms with Gasteiger partial charge in [-0.05, 0) is 55.7 Å². The molecule has 0 saturated carbocycles. The zero-order valence-corrected chi connectivity index (χ0v) is 18.7. The smallest absolute Gasteiger partial charge is 0.333 e. The lowest BCUT2D eigenvalue weighted by Gasteiger charge is -2.13. The molecule has 0 spiro atoms. The molecular formula is C25H26O5S. The highest BCUT2D eigenvalue weighted by Gasteiger charge is 2.18. The second kappa shape index (κ2) is 10.4. The summed E-state index contributed by atoms with van der Waals surface area (Å²) in [6, 6.07) is 17.2. The van der Waals surface area contributed by atoms with E-state index >= 15 is 0 Å². The maximum atomic E-state index is 11.5. The summed E-state index contributed by atoms with van der Waals surface area (Å²) in [7, 11) is 0. The van der Waals surface area contributed by atoms with E-state index in [9.17, 15) is 14.7 Å². The third kappa shape index (κ3) is 6.03. The molecule has 0 saturated heterocycles. The highest BCUT2D eigenvalue weighted by Crippen LogP contribution is 2.32. The summed E-state index contributed by atoms with van der Waals surface area (Å²) in [6.07, 6.45) is -0.521. The number of benzene rings is 2. The summed E-state index contributed by atoms with van der Waals surface area (Å²) in [4.78, 5) is 25.0. The molecule has 1 heterocycles. The molecule has 162 valence electrons. The van der Waals surface area contributed by atoms with Gasteiger partial charge in [-0.1, -0.05) is 36.4 Å². The fourth-order valence-corrected chi connectivity index (χ4v) is 4.27. The van der Waals surface area contributed by atoms with Gasteiger partial charge in [-0.3, -0.25) is 4.79 Å². The minimum absolute atomic E-state index is 0.0605. The predicted octanol–water partition coefficient (Wildman–Crippen LogP) is 5.54. The molecule has 0 amide bonds. The van der Waals surface area contributed by atoms with Crippen LogP contribution in [0.3, 0.4) is 0 Å². The third-order valence-corrected chi connectivity index (χ3v) is 6.21. The first-order valence-electron chi connectivity index (χ1n) is 10.1. The van der Waals surface area contributed by atoms with Crippen molar-refractivity contribution in [2.75, 3.05) is 6.61 Å². The van der Waals surface area contributed by atoms with Crippen molar-refractivity contribution in [2.24, 2.45) is 0 Å². The third-order valence-electron chi connectivity index (χ3n) is 4.95. The number of carboxylic acids is 1. The summed E-state index contributed by atoms with van der Waals surface area (Å²) in [6.45, 7) is 6.23. The molecule has 3 aromatic rings. The molecule has 0 aliphatic rings. The standard InChI is InChI=1S/C25H26O5S/c1-4-29-22(25(27)28)14-18-5-11-21(12-6-18)30-15-24-16(2)13-23(31-24)20-9-7-19(8-10-20)17(3)26/h5-13,22H,4,14-15H2,1-3H3,(H,27,28)/t22-/m0/s1. The van der Waals surface area contributed by atoms with Crippen molar-refractivity contribution in [1.82, 2.24) is 0 Å². The van der Waals surface area contributed by atoms with Crippen LogP contribution >= 0.6 is 11.3 Å². The quantitative estimate of drug-likeness (QED) is 0.421. The molecule has 0 aliphatic heterocycles. The molecule has 5 nitrogen and oxygen atoms in total.